The molecule has 0 bridgehead atoms. The van der Waals surface area contributed by atoms with E-state index in [1.807, 2.05) is 6.92 Å². The molecule has 0 aliphatic carbocycles. The van der Waals surface area contributed by atoms with Crippen LogP contribution in [0.15, 0.2) is 12.3 Å². The summed E-state index contributed by atoms with van der Waals surface area (Å²) < 4.78 is 13.6. The van der Waals surface area contributed by atoms with Crippen molar-refractivity contribution in [2.45, 2.75) is 44.2 Å². The lowest BCUT2D eigenvalue weighted by molar-refractivity contribution is -0.145. The van der Waals surface area contributed by atoms with Crippen molar-refractivity contribution < 1.29 is 9.47 Å². The van der Waals surface area contributed by atoms with Crippen LogP contribution in [0.2, 0.25) is 0 Å². The molecular formula is C13H20N2O2. The lowest BCUT2D eigenvalue weighted by Crippen LogP contribution is -2.44. The first-order chi connectivity index (χ1) is 8.27. The number of rotatable bonds is 1. The van der Waals surface area contributed by atoms with Crippen LogP contribution in [0.1, 0.15) is 37.4 Å². The fourth-order valence-electron chi connectivity index (χ4n) is 2.96. The van der Waals surface area contributed by atoms with Crippen molar-refractivity contribution in [1.29, 1.82) is 0 Å². The van der Waals surface area contributed by atoms with Crippen molar-refractivity contribution in [2.24, 2.45) is 0 Å². The highest BCUT2D eigenvalue weighted by Gasteiger charge is 2.39. The van der Waals surface area contributed by atoms with Gasteiger partial charge in [0.25, 0.3) is 0 Å². The molecule has 1 atom stereocenters. The molecule has 0 radical (unpaired) electrons. The maximum atomic E-state index is 6.04. The third kappa shape index (κ3) is 2.24. The van der Waals surface area contributed by atoms with Crippen LogP contribution >= 0.6 is 0 Å². The quantitative estimate of drug-likeness (QED) is 0.749. The van der Waals surface area contributed by atoms with Crippen molar-refractivity contribution in [3.63, 3.8) is 0 Å². The number of aromatic nitrogens is 2. The summed E-state index contributed by atoms with van der Waals surface area (Å²) in [5, 5.41) is 4.54. The molecule has 2 aliphatic rings. The molecule has 0 N–H and O–H groups in total. The molecule has 1 spiro atoms. The Hall–Kier alpha value is -0.870. The number of hydrogen-bond acceptors (Lipinski definition) is 3. The second-order valence-electron chi connectivity index (χ2n) is 5.23. The molecule has 94 valence electrons. The van der Waals surface area contributed by atoms with E-state index in [0.717, 1.165) is 51.2 Å². The van der Waals surface area contributed by atoms with E-state index >= 15 is 0 Å². The summed E-state index contributed by atoms with van der Waals surface area (Å²) in [4.78, 5) is 0. The zero-order chi connectivity index (χ0) is 11.7. The van der Waals surface area contributed by atoms with E-state index in [2.05, 4.69) is 22.0 Å². The van der Waals surface area contributed by atoms with E-state index in [-0.39, 0.29) is 5.60 Å². The molecule has 2 fully saturated rings. The minimum Gasteiger partial charge on any atom is -0.381 e. The van der Waals surface area contributed by atoms with Crippen LogP contribution in [0.5, 0.6) is 0 Å². The van der Waals surface area contributed by atoms with Crippen molar-refractivity contribution >= 4 is 0 Å². The third-order valence-corrected chi connectivity index (χ3v) is 3.99. The Morgan fingerprint density at radius 3 is 2.88 bits per heavy atom. The Bertz CT molecular complexity index is 377. The molecule has 1 aromatic rings. The van der Waals surface area contributed by atoms with E-state index in [1.54, 1.807) is 0 Å². The van der Waals surface area contributed by atoms with Crippen LogP contribution in [-0.4, -0.2) is 35.2 Å². The number of nitrogens with zero attached hydrogens (tertiary/aromatic N) is 2. The Morgan fingerprint density at radius 1 is 1.35 bits per heavy atom. The standard InChI is InChI=1S/C13H20N2O2/c1-11-2-6-15(14-11)12-3-7-17-13(10-12)4-8-16-9-5-13/h2,6,12H,3-5,7-10H2,1H3. The van der Waals surface area contributed by atoms with Gasteiger partial charge >= 0.3 is 0 Å². The van der Waals surface area contributed by atoms with Gasteiger partial charge in [-0.2, -0.15) is 5.10 Å². The summed E-state index contributed by atoms with van der Waals surface area (Å²) in [6.45, 7) is 4.57. The normalized spacial score (nSPS) is 28.4. The van der Waals surface area contributed by atoms with Gasteiger partial charge in [0, 0.05) is 26.0 Å². The molecule has 1 aromatic heterocycles. The van der Waals surface area contributed by atoms with E-state index < -0.39 is 0 Å². The molecule has 0 aromatic carbocycles. The predicted molar refractivity (Wildman–Crippen MR) is 64.0 cm³/mol. The summed E-state index contributed by atoms with van der Waals surface area (Å²) >= 11 is 0. The van der Waals surface area contributed by atoms with Crippen LogP contribution in [0.3, 0.4) is 0 Å². The molecule has 0 saturated carbocycles. The molecule has 1 unspecified atom stereocenters. The maximum Gasteiger partial charge on any atom is 0.0746 e. The summed E-state index contributed by atoms with van der Waals surface area (Å²) in [5.74, 6) is 0. The molecule has 4 nitrogen and oxygen atoms in total. The molecular weight excluding hydrogens is 216 g/mol. The zero-order valence-corrected chi connectivity index (χ0v) is 10.4. The summed E-state index contributed by atoms with van der Waals surface area (Å²) in [6.07, 6.45) is 6.31. The molecule has 2 aliphatic heterocycles. The van der Waals surface area contributed by atoms with Crippen molar-refractivity contribution in [3.8, 4) is 0 Å². The highest BCUT2D eigenvalue weighted by Crippen LogP contribution is 2.38. The summed E-state index contributed by atoms with van der Waals surface area (Å²) in [7, 11) is 0. The van der Waals surface area contributed by atoms with Crippen LogP contribution in [0, 0.1) is 6.92 Å². The predicted octanol–water partition coefficient (Wildman–Crippen LogP) is 2.09. The molecule has 17 heavy (non-hydrogen) atoms. The minimum absolute atomic E-state index is 0.0566. The molecule has 4 heteroatoms. The lowest BCUT2D eigenvalue weighted by Gasteiger charge is -2.43. The first kappa shape index (κ1) is 11.2. The lowest BCUT2D eigenvalue weighted by atomic mass is 9.84. The van der Waals surface area contributed by atoms with Gasteiger partial charge in [-0.25, -0.2) is 0 Å². The first-order valence-electron chi connectivity index (χ1n) is 6.51. The topological polar surface area (TPSA) is 36.3 Å². The minimum atomic E-state index is 0.0566. The van der Waals surface area contributed by atoms with Gasteiger partial charge in [0.1, 0.15) is 0 Å². The van der Waals surface area contributed by atoms with Crippen molar-refractivity contribution in [1.82, 2.24) is 9.78 Å². The maximum absolute atomic E-state index is 6.04. The summed E-state index contributed by atoms with van der Waals surface area (Å²) in [5.41, 5.74) is 1.15. The Morgan fingerprint density at radius 2 is 2.18 bits per heavy atom. The van der Waals surface area contributed by atoms with Gasteiger partial charge < -0.3 is 9.47 Å². The number of aryl methyl sites for hydroxylation is 1. The molecule has 3 heterocycles. The second-order valence-corrected chi connectivity index (χ2v) is 5.23. The van der Waals surface area contributed by atoms with Gasteiger partial charge in [-0.1, -0.05) is 0 Å². The molecule has 2 saturated heterocycles. The Labute approximate surface area is 102 Å². The van der Waals surface area contributed by atoms with Gasteiger partial charge in [-0.15, -0.1) is 0 Å². The fourth-order valence-corrected chi connectivity index (χ4v) is 2.96. The van der Waals surface area contributed by atoms with Crippen molar-refractivity contribution in [3.05, 3.63) is 18.0 Å². The Balaban J connectivity index is 1.74. The largest absolute Gasteiger partial charge is 0.381 e. The smallest absolute Gasteiger partial charge is 0.0746 e. The van der Waals surface area contributed by atoms with Crippen LogP contribution in [-0.2, 0) is 9.47 Å². The van der Waals surface area contributed by atoms with Gasteiger partial charge in [-0.3, -0.25) is 4.68 Å². The van der Waals surface area contributed by atoms with Gasteiger partial charge in [0.05, 0.1) is 17.3 Å². The van der Waals surface area contributed by atoms with E-state index in [1.165, 1.54) is 0 Å². The average molecular weight is 236 g/mol. The van der Waals surface area contributed by atoms with Crippen LogP contribution < -0.4 is 0 Å². The number of ether oxygens (including phenoxy) is 2. The Kier molecular flexibility index (Phi) is 2.92. The van der Waals surface area contributed by atoms with E-state index in [0.29, 0.717) is 6.04 Å². The van der Waals surface area contributed by atoms with E-state index in [4.69, 9.17) is 9.47 Å². The average Bonchev–Trinajstić information content (AvgIpc) is 2.77. The monoisotopic (exact) mass is 236 g/mol. The first-order valence-corrected chi connectivity index (χ1v) is 6.51. The van der Waals surface area contributed by atoms with E-state index in [9.17, 15) is 0 Å². The SMILES string of the molecule is Cc1ccn(C2CCOC3(CCOCC3)C2)n1. The zero-order valence-electron chi connectivity index (χ0n) is 10.4. The van der Waals surface area contributed by atoms with Crippen LogP contribution in [0.4, 0.5) is 0 Å². The second kappa shape index (κ2) is 4.42. The fraction of sp³-hybridized carbons (Fsp3) is 0.769. The highest BCUT2D eigenvalue weighted by atomic mass is 16.5. The highest BCUT2D eigenvalue weighted by molar-refractivity contribution is 4.98. The van der Waals surface area contributed by atoms with Crippen molar-refractivity contribution in [2.75, 3.05) is 19.8 Å². The molecule has 0 amide bonds. The number of hydrogen-bond donors (Lipinski definition) is 0. The summed E-state index contributed by atoms with van der Waals surface area (Å²) in [6, 6.07) is 2.57. The third-order valence-electron chi connectivity index (χ3n) is 3.99. The van der Waals surface area contributed by atoms with Gasteiger partial charge in [0.15, 0.2) is 0 Å². The van der Waals surface area contributed by atoms with Crippen LogP contribution in [0.25, 0.3) is 0 Å². The van der Waals surface area contributed by atoms with Gasteiger partial charge in [-0.05, 0) is 38.7 Å². The van der Waals surface area contributed by atoms with Gasteiger partial charge in [0.2, 0.25) is 0 Å². The molecule has 3 rings (SSSR count).